The molecule has 1 aliphatic heterocycles. The second-order valence-corrected chi connectivity index (χ2v) is 6.83. The minimum atomic E-state index is -0.415. The standard InChI is InChI=1S/C15H21N5O2S/c1-4-13-17-12(19-22-13)7-20-6-5-15(9-20,18-11(3)21)14-16-10(2)8-23-14/h8H,4-7,9H2,1-3H3,(H,18,21). The maximum absolute atomic E-state index is 11.7. The van der Waals surface area contributed by atoms with Gasteiger partial charge < -0.3 is 9.84 Å². The van der Waals surface area contributed by atoms with Crippen LogP contribution in [0.5, 0.6) is 0 Å². The van der Waals surface area contributed by atoms with E-state index in [4.69, 9.17) is 4.52 Å². The molecule has 0 radical (unpaired) electrons. The fraction of sp³-hybridized carbons (Fsp3) is 0.600. The lowest BCUT2D eigenvalue weighted by Crippen LogP contribution is -2.47. The van der Waals surface area contributed by atoms with Gasteiger partial charge in [-0.15, -0.1) is 11.3 Å². The van der Waals surface area contributed by atoms with E-state index in [1.807, 2.05) is 19.2 Å². The van der Waals surface area contributed by atoms with Crippen molar-refractivity contribution in [2.24, 2.45) is 0 Å². The molecule has 7 nitrogen and oxygen atoms in total. The summed E-state index contributed by atoms with van der Waals surface area (Å²) in [5.41, 5.74) is 0.571. The number of carbonyl (C=O) groups excluding carboxylic acids is 1. The molecule has 1 unspecified atom stereocenters. The van der Waals surface area contributed by atoms with E-state index < -0.39 is 5.54 Å². The highest BCUT2D eigenvalue weighted by Gasteiger charge is 2.42. The zero-order valence-corrected chi connectivity index (χ0v) is 14.4. The van der Waals surface area contributed by atoms with Gasteiger partial charge in [0.1, 0.15) is 10.5 Å². The fourth-order valence-electron chi connectivity index (χ4n) is 2.96. The van der Waals surface area contributed by atoms with Gasteiger partial charge in [-0.2, -0.15) is 4.98 Å². The highest BCUT2D eigenvalue weighted by Crippen LogP contribution is 2.34. The number of aryl methyl sites for hydroxylation is 2. The predicted molar refractivity (Wildman–Crippen MR) is 85.9 cm³/mol. The van der Waals surface area contributed by atoms with Gasteiger partial charge in [0.2, 0.25) is 11.8 Å². The summed E-state index contributed by atoms with van der Waals surface area (Å²) >= 11 is 1.60. The van der Waals surface area contributed by atoms with E-state index in [0.717, 1.165) is 30.1 Å². The topological polar surface area (TPSA) is 84.2 Å². The van der Waals surface area contributed by atoms with E-state index in [1.54, 1.807) is 18.3 Å². The molecule has 124 valence electrons. The highest BCUT2D eigenvalue weighted by atomic mass is 32.1. The fourth-order valence-corrected chi connectivity index (χ4v) is 3.94. The Bertz CT molecular complexity index is 698. The normalized spacial score (nSPS) is 21.7. The number of likely N-dealkylation sites (tertiary alicyclic amines) is 1. The molecule has 1 amide bonds. The monoisotopic (exact) mass is 335 g/mol. The summed E-state index contributed by atoms with van der Waals surface area (Å²) in [5, 5.41) is 10.1. The maximum Gasteiger partial charge on any atom is 0.226 e. The Kier molecular flexibility index (Phi) is 4.45. The molecular weight excluding hydrogens is 314 g/mol. The van der Waals surface area contributed by atoms with Gasteiger partial charge in [-0.1, -0.05) is 12.1 Å². The van der Waals surface area contributed by atoms with E-state index in [9.17, 15) is 4.79 Å². The van der Waals surface area contributed by atoms with Gasteiger partial charge in [-0.25, -0.2) is 4.98 Å². The Morgan fingerprint density at radius 2 is 2.35 bits per heavy atom. The van der Waals surface area contributed by atoms with Gasteiger partial charge in [-0.3, -0.25) is 9.69 Å². The van der Waals surface area contributed by atoms with Gasteiger partial charge in [0.05, 0.1) is 6.54 Å². The number of rotatable bonds is 5. The zero-order valence-electron chi connectivity index (χ0n) is 13.6. The molecule has 1 aliphatic rings. The van der Waals surface area contributed by atoms with Gasteiger partial charge in [0, 0.05) is 37.5 Å². The van der Waals surface area contributed by atoms with Crippen molar-refractivity contribution in [1.29, 1.82) is 0 Å². The summed E-state index contributed by atoms with van der Waals surface area (Å²) in [6, 6.07) is 0. The van der Waals surface area contributed by atoms with Crippen molar-refractivity contribution in [2.45, 2.75) is 45.7 Å². The maximum atomic E-state index is 11.7. The Labute approximate surface area is 139 Å². The van der Waals surface area contributed by atoms with E-state index in [0.29, 0.717) is 24.8 Å². The quantitative estimate of drug-likeness (QED) is 0.894. The molecule has 23 heavy (non-hydrogen) atoms. The van der Waals surface area contributed by atoms with Crippen LogP contribution in [-0.4, -0.2) is 39.0 Å². The third kappa shape index (κ3) is 3.42. The van der Waals surface area contributed by atoms with Gasteiger partial charge >= 0.3 is 0 Å². The van der Waals surface area contributed by atoms with Crippen LogP contribution in [0.15, 0.2) is 9.90 Å². The number of nitrogens with one attached hydrogen (secondary N) is 1. The minimum Gasteiger partial charge on any atom is -0.343 e. The van der Waals surface area contributed by atoms with E-state index in [1.165, 1.54) is 0 Å². The Morgan fingerprint density at radius 3 is 2.96 bits per heavy atom. The number of amides is 1. The van der Waals surface area contributed by atoms with Crippen LogP contribution < -0.4 is 5.32 Å². The summed E-state index contributed by atoms with van der Waals surface area (Å²) in [6.45, 7) is 7.69. The molecule has 1 saturated heterocycles. The molecule has 3 heterocycles. The van der Waals surface area contributed by atoms with E-state index in [-0.39, 0.29) is 5.91 Å². The molecule has 0 aliphatic carbocycles. The van der Waals surface area contributed by atoms with Crippen LogP contribution in [-0.2, 0) is 23.3 Å². The van der Waals surface area contributed by atoms with E-state index in [2.05, 4.69) is 25.3 Å². The van der Waals surface area contributed by atoms with Crippen LogP contribution in [0.4, 0.5) is 0 Å². The number of nitrogens with zero attached hydrogens (tertiary/aromatic N) is 4. The molecule has 0 bridgehead atoms. The number of hydrogen-bond acceptors (Lipinski definition) is 7. The smallest absolute Gasteiger partial charge is 0.226 e. The Hall–Kier alpha value is -1.80. The summed E-state index contributed by atoms with van der Waals surface area (Å²) in [4.78, 5) is 22.9. The van der Waals surface area contributed by atoms with Crippen molar-refractivity contribution in [1.82, 2.24) is 25.3 Å². The van der Waals surface area contributed by atoms with Crippen molar-refractivity contribution in [2.75, 3.05) is 13.1 Å². The average molecular weight is 335 g/mol. The number of hydrogen-bond donors (Lipinski definition) is 1. The third-order valence-corrected chi connectivity index (χ3v) is 5.13. The largest absolute Gasteiger partial charge is 0.343 e. The first-order valence-electron chi connectivity index (χ1n) is 7.76. The van der Waals surface area contributed by atoms with Crippen molar-refractivity contribution in [3.63, 3.8) is 0 Å². The van der Waals surface area contributed by atoms with Gasteiger partial charge in [-0.05, 0) is 13.3 Å². The Morgan fingerprint density at radius 1 is 1.52 bits per heavy atom. The summed E-state index contributed by atoms with van der Waals surface area (Å²) in [6.07, 6.45) is 1.57. The van der Waals surface area contributed by atoms with Crippen LogP contribution in [0.25, 0.3) is 0 Å². The first-order chi connectivity index (χ1) is 11.0. The van der Waals surface area contributed by atoms with Crippen molar-refractivity contribution in [3.05, 3.63) is 27.8 Å². The minimum absolute atomic E-state index is 0.0347. The SMILES string of the molecule is CCc1nc(CN2CCC(NC(C)=O)(c3nc(C)cs3)C2)no1. The van der Waals surface area contributed by atoms with Crippen LogP contribution >= 0.6 is 11.3 Å². The zero-order chi connectivity index (χ0) is 16.4. The molecule has 0 spiro atoms. The molecule has 0 aromatic carbocycles. The molecule has 8 heteroatoms. The first kappa shape index (κ1) is 16.1. The lowest BCUT2D eigenvalue weighted by atomic mass is 9.99. The predicted octanol–water partition coefficient (Wildman–Crippen LogP) is 1.63. The van der Waals surface area contributed by atoms with Crippen molar-refractivity contribution in [3.8, 4) is 0 Å². The number of aromatic nitrogens is 3. The van der Waals surface area contributed by atoms with Crippen molar-refractivity contribution < 1.29 is 9.32 Å². The second kappa shape index (κ2) is 6.37. The lowest BCUT2D eigenvalue weighted by Gasteiger charge is -2.28. The van der Waals surface area contributed by atoms with Crippen LogP contribution in [0, 0.1) is 6.92 Å². The molecule has 1 N–H and O–H groups in total. The van der Waals surface area contributed by atoms with Crippen molar-refractivity contribution >= 4 is 17.2 Å². The van der Waals surface area contributed by atoms with Crippen LogP contribution in [0.2, 0.25) is 0 Å². The van der Waals surface area contributed by atoms with Gasteiger partial charge in [0.15, 0.2) is 5.82 Å². The molecule has 2 aromatic rings. The molecule has 0 saturated carbocycles. The molecule has 2 aromatic heterocycles. The second-order valence-electron chi connectivity index (χ2n) is 5.98. The molecular formula is C15H21N5O2S. The highest BCUT2D eigenvalue weighted by molar-refractivity contribution is 7.09. The number of carbonyl (C=O) groups is 1. The summed E-state index contributed by atoms with van der Waals surface area (Å²) in [5.74, 6) is 1.31. The van der Waals surface area contributed by atoms with Crippen LogP contribution in [0.1, 0.15) is 42.7 Å². The van der Waals surface area contributed by atoms with Gasteiger partial charge in [0.25, 0.3) is 0 Å². The van der Waals surface area contributed by atoms with E-state index >= 15 is 0 Å². The average Bonchev–Trinajstić information content (AvgIpc) is 3.20. The number of thiazole rings is 1. The Balaban J connectivity index is 1.76. The third-order valence-electron chi connectivity index (χ3n) is 3.97. The molecule has 1 fully saturated rings. The summed E-state index contributed by atoms with van der Waals surface area (Å²) in [7, 11) is 0. The molecule has 3 rings (SSSR count). The first-order valence-corrected chi connectivity index (χ1v) is 8.64. The summed E-state index contributed by atoms with van der Waals surface area (Å²) < 4.78 is 5.16. The van der Waals surface area contributed by atoms with Crippen LogP contribution in [0.3, 0.4) is 0 Å². The lowest BCUT2D eigenvalue weighted by molar-refractivity contribution is -0.120. The molecule has 1 atom stereocenters.